The second-order valence-electron chi connectivity index (χ2n) is 7.43. The molecule has 0 aromatic carbocycles. The fourth-order valence-electron chi connectivity index (χ4n) is 3.37. The van der Waals surface area contributed by atoms with Crippen molar-refractivity contribution in [2.45, 2.75) is 83.8 Å². The van der Waals surface area contributed by atoms with Crippen LogP contribution in [0.1, 0.15) is 77.3 Å². The van der Waals surface area contributed by atoms with Crippen LogP contribution in [0.3, 0.4) is 0 Å². The van der Waals surface area contributed by atoms with E-state index in [0.717, 1.165) is 12.2 Å². The molecule has 2 heterocycles. The van der Waals surface area contributed by atoms with E-state index in [0.29, 0.717) is 28.4 Å². The van der Waals surface area contributed by atoms with E-state index in [-0.39, 0.29) is 0 Å². The van der Waals surface area contributed by atoms with Gasteiger partial charge in [-0.25, -0.2) is 0 Å². The summed E-state index contributed by atoms with van der Waals surface area (Å²) in [4.78, 5) is 7.59. The standard InChI is InChI=1S/C19H32N2S/c1-11(2)17-9-13(5)20-18-15(7)16(8)22-14(6)10-21(12(3)4)19(17)18/h9,11-12,14-16H,10H2,1-8H3/t14-,15-,16+/m0/s1. The smallest absolute Gasteiger partial charge is 0.0681 e. The molecule has 0 radical (unpaired) electrons. The lowest BCUT2D eigenvalue weighted by Crippen LogP contribution is -2.40. The number of nitrogens with zero attached hydrogens (tertiary/aromatic N) is 2. The molecule has 0 spiro atoms. The molecule has 1 aliphatic rings. The molecule has 1 aromatic rings. The van der Waals surface area contributed by atoms with E-state index >= 15 is 0 Å². The summed E-state index contributed by atoms with van der Waals surface area (Å²) in [6.07, 6.45) is 0. The number of pyridine rings is 1. The quantitative estimate of drug-likeness (QED) is 0.730. The van der Waals surface area contributed by atoms with Gasteiger partial charge in [0.05, 0.1) is 11.4 Å². The number of anilines is 1. The zero-order chi connectivity index (χ0) is 16.6. The summed E-state index contributed by atoms with van der Waals surface area (Å²) < 4.78 is 0. The summed E-state index contributed by atoms with van der Waals surface area (Å²) in [5.41, 5.74) is 5.35. The Labute approximate surface area is 141 Å². The molecule has 0 aliphatic carbocycles. The Bertz CT molecular complexity index is 524. The Morgan fingerprint density at radius 3 is 2.36 bits per heavy atom. The van der Waals surface area contributed by atoms with Crippen LogP contribution in [0.15, 0.2) is 6.07 Å². The number of thioether (sulfide) groups is 1. The summed E-state index contributed by atoms with van der Waals surface area (Å²) in [7, 11) is 0. The zero-order valence-electron chi connectivity index (χ0n) is 15.5. The molecule has 22 heavy (non-hydrogen) atoms. The van der Waals surface area contributed by atoms with Crippen LogP contribution in [0.4, 0.5) is 5.69 Å². The van der Waals surface area contributed by atoms with Gasteiger partial charge in [0.1, 0.15) is 0 Å². The predicted molar refractivity (Wildman–Crippen MR) is 100 cm³/mol. The molecule has 3 heteroatoms. The summed E-state index contributed by atoms with van der Waals surface area (Å²) in [6, 6.07) is 2.81. The van der Waals surface area contributed by atoms with Crippen molar-refractivity contribution in [2.75, 3.05) is 11.4 Å². The Balaban J connectivity index is 2.70. The molecule has 1 aliphatic heterocycles. The first kappa shape index (κ1) is 17.7. The highest BCUT2D eigenvalue weighted by atomic mass is 32.2. The minimum Gasteiger partial charge on any atom is -0.366 e. The van der Waals surface area contributed by atoms with Gasteiger partial charge in [0.2, 0.25) is 0 Å². The van der Waals surface area contributed by atoms with Crippen molar-refractivity contribution in [3.8, 4) is 0 Å². The lowest BCUT2D eigenvalue weighted by Gasteiger charge is -2.40. The van der Waals surface area contributed by atoms with Crippen molar-refractivity contribution in [3.05, 3.63) is 23.0 Å². The molecule has 0 fully saturated rings. The molecule has 1 aromatic heterocycles. The van der Waals surface area contributed by atoms with Gasteiger partial charge in [-0.2, -0.15) is 11.8 Å². The zero-order valence-corrected chi connectivity index (χ0v) is 16.3. The maximum atomic E-state index is 4.99. The third kappa shape index (κ3) is 3.45. The van der Waals surface area contributed by atoms with E-state index in [1.807, 2.05) is 0 Å². The van der Waals surface area contributed by atoms with Crippen LogP contribution in [0.25, 0.3) is 0 Å². The van der Waals surface area contributed by atoms with E-state index < -0.39 is 0 Å². The van der Waals surface area contributed by atoms with Gasteiger partial charge in [-0.15, -0.1) is 0 Å². The van der Waals surface area contributed by atoms with Gasteiger partial charge >= 0.3 is 0 Å². The number of hydrogen-bond acceptors (Lipinski definition) is 3. The van der Waals surface area contributed by atoms with E-state index in [9.17, 15) is 0 Å². The van der Waals surface area contributed by atoms with E-state index in [2.05, 4.69) is 78.1 Å². The van der Waals surface area contributed by atoms with Crippen molar-refractivity contribution >= 4 is 17.4 Å². The molecule has 0 amide bonds. The fourth-order valence-corrected chi connectivity index (χ4v) is 4.72. The Hall–Kier alpha value is -0.700. The Morgan fingerprint density at radius 2 is 1.82 bits per heavy atom. The number of hydrogen-bond donors (Lipinski definition) is 0. The van der Waals surface area contributed by atoms with E-state index in [1.54, 1.807) is 0 Å². The second-order valence-corrected chi connectivity index (χ2v) is 9.25. The summed E-state index contributed by atoms with van der Waals surface area (Å²) in [5, 5.41) is 1.26. The lowest BCUT2D eigenvalue weighted by atomic mass is 9.92. The topological polar surface area (TPSA) is 16.1 Å². The van der Waals surface area contributed by atoms with Gasteiger partial charge in [0.15, 0.2) is 0 Å². The predicted octanol–water partition coefficient (Wildman–Crippen LogP) is 5.36. The second kappa shape index (κ2) is 6.82. The van der Waals surface area contributed by atoms with Crippen LogP contribution in [0.2, 0.25) is 0 Å². The molecule has 124 valence electrons. The minimum atomic E-state index is 0.487. The van der Waals surface area contributed by atoms with Gasteiger partial charge in [-0.3, -0.25) is 4.98 Å². The summed E-state index contributed by atoms with van der Waals surface area (Å²) in [5.74, 6) is 1.02. The van der Waals surface area contributed by atoms with Gasteiger partial charge in [0.25, 0.3) is 0 Å². The molecule has 2 rings (SSSR count). The van der Waals surface area contributed by atoms with Crippen molar-refractivity contribution < 1.29 is 0 Å². The molecule has 2 nitrogen and oxygen atoms in total. The van der Waals surface area contributed by atoms with Crippen molar-refractivity contribution in [1.82, 2.24) is 4.98 Å². The Morgan fingerprint density at radius 1 is 1.18 bits per heavy atom. The van der Waals surface area contributed by atoms with Crippen LogP contribution in [-0.2, 0) is 0 Å². The number of aryl methyl sites for hydroxylation is 1. The van der Waals surface area contributed by atoms with Gasteiger partial charge in [-0.05, 0) is 38.3 Å². The third-order valence-corrected chi connectivity index (χ3v) is 6.20. The van der Waals surface area contributed by atoms with Gasteiger partial charge in [0, 0.05) is 34.7 Å². The van der Waals surface area contributed by atoms with Crippen molar-refractivity contribution in [2.24, 2.45) is 0 Å². The SMILES string of the molecule is Cc1cc(C(C)C)c2c(n1)[C@@H](C)[C@@H](C)S[C@@H](C)CN2C(C)C. The average Bonchev–Trinajstić information content (AvgIpc) is 2.42. The van der Waals surface area contributed by atoms with Crippen LogP contribution in [-0.4, -0.2) is 28.1 Å². The molecule has 0 saturated carbocycles. The normalized spacial score (nSPS) is 26.1. The number of rotatable bonds is 2. The number of aromatic nitrogens is 1. The minimum absolute atomic E-state index is 0.487. The van der Waals surface area contributed by atoms with E-state index in [1.165, 1.54) is 16.9 Å². The molecular formula is C19H32N2S. The van der Waals surface area contributed by atoms with Crippen LogP contribution in [0.5, 0.6) is 0 Å². The lowest BCUT2D eigenvalue weighted by molar-refractivity contribution is 0.629. The first-order chi connectivity index (χ1) is 10.2. The maximum Gasteiger partial charge on any atom is 0.0681 e. The van der Waals surface area contributed by atoms with Crippen LogP contribution < -0.4 is 4.90 Å². The molecule has 0 bridgehead atoms. The molecular weight excluding hydrogens is 288 g/mol. The first-order valence-electron chi connectivity index (χ1n) is 8.65. The molecule has 0 N–H and O–H groups in total. The summed E-state index contributed by atoms with van der Waals surface area (Å²) >= 11 is 2.11. The monoisotopic (exact) mass is 320 g/mol. The maximum absolute atomic E-state index is 4.99. The molecule has 3 atom stereocenters. The van der Waals surface area contributed by atoms with E-state index in [4.69, 9.17) is 4.98 Å². The average molecular weight is 321 g/mol. The van der Waals surface area contributed by atoms with Crippen LogP contribution >= 0.6 is 11.8 Å². The van der Waals surface area contributed by atoms with Crippen LogP contribution in [0, 0.1) is 6.92 Å². The largest absolute Gasteiger partial charge is 0.366 e. The molecule has 0 unspecified atom stereocenters. The molecule has 0 saturated heterocycles. The highest BCUT2D eigenvalue weighted by Gasteiger charge is 2.31. The fraction of sp³-hybridized carbons (Fsp3) is 0.737. The van der Waals surface area contributed by atoms with Gasteiger partial charge in [-0.1, -0.05) is 34.6 Å². The van der Waals surface area contributed by atoms with Crippen molar-refractivity contribution in [3.63, 3.8) is 0 Å². The van der Waals surface area contributed by atoms with Crippen molar-refractivity contribution in [1.29, 1.82) is 0 Å². The number of fused-ring (bicyclic) bond motifs is 1. The highest BCUT2D eigenvalue weighted by Crippen LogP contribution is 2.42. The summed E-state index contributed by atoms with van der Waals surface area (Å²) in [6.45, 7) is 19.5. The third-order valence-electron chi connectivity index (χ3n) is 4.75. The first-order valence-corrected chi connectivity index (χ1v) is 9.60. The van der Waals surface area contributed by atoms with Gasteiger partial charge < -0.3 is 4.90 Å². The highest BCUT2D eigenvalue weighted by molar-refractivity contribution is 8.00. The Kier molecular flexibility index (Phi) is 5.47.